The molecule has 0 saturated carbocycles. The van der Waals surface area contributed by atoms with Gasteiger partial charge < -0.3 is 9.73 Å². The van der Waals surface area contributed by atoms with Crippen LogP contribution >= 0.6 is 11.3 Å². The van der Waals surface area contributed by atoms with Gasteiger partial charge in [0.15, 0.2) is 5.13 Å². The van der Waals surface area contributed by atoms with Crippen molar-refractivity contribution in [2.75, 3.05) is 5.32 Å². The third-order valence-corrected chi connectivity index (χ3v) is 2.71. The van der Waals surface area contributed by atoms with Crippen LogP contribution < -0.4 is 5.32 Å². The molecule has 1 N–H and O–H groups in total. The van der Waals surface area contributed by atoms with E-state index in [-0.39, 0.29) is 5.91 Å². The fourth-order valence-corrected chi connectivity index (χ4v) is 1.94. The van der Waals surface area contributed by atoms with E-state index in [1.807, 2.05) is 13.0 Å². The lowest BCUT2D eigenvalue weighted by atomic mass is 10.4. The number of nitrogens with one attached hydrogen (secondary N) is 1. The van der Waals surface area contributed by atoms with Crippen LogP contribution in [0.15, 0.2) is 16.8 Å². The summed E-state index contributed by atoms with van der Waals surface area (Å²) < 4.78 is 5.29. The second-order valence-electron chi connectivity index (χ2n) is 3.39. The summed E-state index contributed by atoms with van der Waals surface area (Å²) in [4.78, 5) is 19.8. The Morgan fingerprint density at radius 1 is 1.41 bits per heavy atom. The van der Waals surface area contributed by atoms with Crippen molar-refractivity contribution >= 4 is 34.5 Å². The molecule has 0 aliphatic carbocycles. The highest BCUT2D eigenvalue weighted by atomic mass is 32.1. The lowest BCUT2D eigenvalue weighted by Crippen LogP contribution is -2.04. The van der Waals surface area contributed by atoms with Gasteiger partial charge in [0.05, 0.1) is 6.20 Å². The van der Waals surface area contributed by atoms with Crippen LogP contribution in [0.5, 0.6) is 0 Å². The zero-order chi connectivity index (χ0) is 12.3. The number of aryl methyl sites for hydroxylation is 1. The summed E-state index contributed by atoms with van der Waals surface area (Å²) in [5.74, 6) is 1.20. The summed E-state index contributed by atoms with van der Waals surface area (Å²) in [5, 5.41) is 3.21. The number of amides is 1. The van der Waals surface area contributed by atoms with Gasteiger partial charge in [-0.15, -0.1) is 0 Å². The van der Waals surface area contributed by atoms with Gasteiger partial charge in [0, 0.05) is 24.1 Å². The number of hydrogen-bond acceptors (Lipinski definition) is 5. The minimum atomic E-state index is -0.127. The van der Waals surface area contributed by atoms with Crippen molar-refractivity contribution in [3.8, 4) is 0 Å². The molecule has 0 aromatic carbocycles. The number of hydrogen-bond donors (Lipinski definition) is 1. The van der Waals surface area contributed by atoms with Gasteiger partial charge in [0.2, 0.25) is 11.8 Å². The van der Waals surface area contributed by atoms with Gasteiger partial charge in [-0.05, 0) is 13.0 Å². The van der Waals surface area contributed by atoms with Crippen molar-refractivity contribution in [3.63, 3.8) is 0 Å². The van der Waals surface area contributed by atoms with Crippen molar-refractivity contribution < 1.29 is 9.21 Å². The molecule has 0 fully saturated rings. The van der Waals surface area contributed by atoms with Crippen molar-refractivity contribution in [2.24, 2.45) is 0 Å². The Balaban J connectivity index is 2.06. The molecule has 2 rings (SSSR count). The highest BCUT2D eigenvalue weighted by Crippen LogP contribution is 2.20. The van der Waals surface area contributed by atoms with Gasteiger partial charge in [-0.2, -0.15) is 0 Å². The maximum atomic E-state index is 10.8. The fourth-order valence-electron chi connectivity index (χ4n) is 1.17. The number of aromatic nitrogens is 2. The van der Waals surface area contributed by atoms with Gasteiger partial charge in [0.1, 0.15) is 5.76 Å². The Kier molecular flexibility index (Phi) is 3.34. The molecule has 0 saturated heterocycles. The number of nitrogens with zero attached hydrogens (tertiary/aromatic N) is 2. The summed E-state index contributed by atoms with van der Waals surface area (Å²) in [7, 11) is 0. The van der Waals surface area contributed by atoms with Gasteiger partial charge >= 0.3 is 0 Å². The van der Waals surface area contributed by atoms with Crippen LogP contribution in [-0.4, -0.2) is 15.9 Å². The van der Waals surface area contributed by atoms with Gasteiger partial charge in [-0.1, -0.05) is 11.3 Å². The SMILES string of the molecule is CC(=O)Nc1ncc(/C=C/c2ncc(C)o2)s1. The molecule has 2 aromatic heterocycles. The molecule has 0 bridgehead atoms. The quantitative estimate of drug-likeness (QED) is 0.907. The van der Waals surface area contributed by atoms with Gasteiger partial charge in [0.25, 0.3) is 0 Å². The lowest BCUT2D eigenvalue weighted by Gasteiger charge is -1.91. The summed E-state index contributed by atoms with van der Waals surface area (Å²) >= 11 is 1.39. The third kappa shape index (κ3) is 3.25. The predicted octanol–water partition coefficient (Wildman–Crippen LogP) is 2.57. The first-order valence-corrected chi connectivity index (χ1v) is 5.79. The van der Waals surface area contributed by atoms with Crippen LogP contribution in [0.2, 0.25) is 0 Å². The Hall–Kier alpha value is -1.95. The lowest BCUT2D eigenvalue weighted by molar-refractivity contribution is -0.114. The molecule has 6 heteroatoms. The molecule has 0 aliphatic rings. The smallest absolute Gasteiger partial charge is 0.223 e. The summed E-state index contributed by atoms with van der Waals surface area (Å²) in [5.41, 5.74) is 0. The standard InChI is InChI=1S/C11H11N3O2S/c1-7-5-12-10(16-7)4-3-9-6-13-11(17-9)14-8(2)15/h3-6H,1-2H3,(H,13,14,15)/b4-3+. The molecule has 0 atom stereocenters. The second-order valence-corrected chi connectivity index (χ2v) is 4.45. The second kappa shape index (κ2) is 4.92. The van der Waals surface area contributed by atoms with Gasteiger partial charge in [-0.25, -0.2) is 9.97 Å². The van der Waals surface area contributed by atoms with E-state index in [1.165, 1.54) is 18.3 Å². The van der Waals surface area contributed by atoms with Crippen LogP contribution in [0, 0.1) is 6.92 Å². The highest BCUT2D eigenvalue weighted by molar-refractivity contribution is 7.16. The number of thiazole rings is 1. The molecule has 0 unspecified atom stereocenters. The van der Waals surface area contributed by atoms with E-state index in [9.17, 15) is 4.79 Å². The maximum absolute atomic E-state index is 10.8. The van der Waals surface area contributed by atoms with Crippen molar-refractivity contribution in [1.82, 2.24) is 9.97 Å². The average Bonchev–Trinajstić information content (AvgIpc) is 2.84. The average molecular weight is 249 g/mol. The number of carbonyl (C=O) groups excluding carboxylic acids is 1. The number of anilines is 1. The Morgan fingerprint density at radius 2 is 2.24 bits per heavy atom. The van der Waals surface area contributed by atoms with E-state index in [0.29, 0.717) is 11.0 Å². The first kappa shape index (κ1) is 11.5. The summed E-state index contributed by atoms with van der Waals surface area (Å²) in [6.07, 6.45) is 6.95. The molecule has 0 aliphatic heterocycles. The highest BCUT2D eigenvalue weighted by Gasteiger charge is 2.01. The van der Waals surface area contributed by atoms with Crippen LogP contribution in [0.25, 0.3) is 12.2 Å². The molecule has 0 spiro atoms. The zero-order valence-electron chi connectivity index (χ0n) is 9.43. The van der Waals surface area contributed by atoms with Crippen LogP contribution in [-0.2, 0) is 4.79 Å². The molecule has 1 amide bonds. The topological polar surface area (TPSA) is 68.0 Å². The van der Waals surface area contributed by atoms with E-state index in [1.54, 1.807) is 18.5 Å². The summed E-state index contributed by atoms with van der Waals surface area (Å²) in [6, 6.07) is 0. The normalized spacial score (nSPS) is 10.9. The summed E-state index contributed by atoms with van der Waals surface area (Å²) in [6.45, 7) is 3.29. The Bertz CT molecular complexity index is 557. The van der Waals surface area contributed by atoms with E-state index in [4.69, 9.17) is 4.42 Å². The monoisotopic (exact) mass is 249 g/mol. The molecule has 88 valence electrons. The first-order chi connectivity index (χ1) is 8.13. The largest absolute Gasteiger partial charge is 0.442 e. The number of carbonyl (C=O) groups is 1. The molecule has 5 nitrogen and oxygen atoms in total. The van der Waals surface area contributed by atoms with Crippen LogP contribution in [0.4, 0.5) is 5.13 Å². The Morgan fingerprint density at radius 3 is 2.88 bits per heavy atom. The van der Waals surface area contributed by atoms with Gasteiger partial charge in [-0.3, -0.25) is 4.79 Å². The fraction of sp³-hybridized carbons (Fsp3) is 0.182. The minimum absolute atomic E-state index is 0.127. The van der Waals surface area contributed by atoms with E-state index in [2.05, 4.69) is 15.3 Å². The molecule has 2 heterocycles. The zero-order valence-corrected chi connectivity index (χ0v) is 10.2. The molecule has 0 radical (unpaired) electrons. The molecular weight excluding hydrogens is 238 g/mol. The molecular formula is C11H11N3O2S. The van der Waals surface area contributed by atoms with E-state index >= 15 is 0 Å². The van der Waals surface area contributed by atoms with Crippen molar-refractivity contribution in [1.29, 1.82) is 0 Å². The van der Waals surface area contributed by atoms with Crippen molar-refractivity contribution in [2.45, 2.75) is 13.8 Å². The van der Waals surface area contributed by atoms with E-state index in [0.717, 1.165) is 10.6 Å². The molecule has 2 aromatic rings. The van der Waals surface area contributed by atoms with Crippen LogP contribution in [0.3, 0.4) is 0 Å². The number of rotatable bonds is 3. The molecule has 17 heavy (non-hydrogen) atoms. The minimum Gasteiger partial charge on any atom is -0.442 e. The van der Waals surface area contributed by atoms with E-state index < -0.39 is 0 Å². The van der Waals surface area contributed by atoms with Crippen molar-refractivity contribution in [3.05, 3.63) is 28.9 Å². The predicted molar refractivity (Wildman–Crippen MR) is 66.6 cm³/mol. The third-order valence-electron chi connectivity index (χ3n) is 1.84. The number of oxazole rings is 1. The van der Waals surface area contributed by atoms with Crippen LogP contribution in [0.1, 0.15) is 23.5 Å². The first-order valence-electron chi connectivity index (χ1n) is 4.97. The Labute approximate surface area is 102 Å². The maximum Gasteiger partial charge on any atom is 0.223 e.